The van der Waals surface area contributed by atoms with Crippen LogP contribution in [0.3, 0.4) is 0 Å². The fourth-order valence-electron chi connectivity index (χ4n) is 2.98. The van der Waals surface area contributed by atoms with Gasteiger partial charge in [-0.2, -0.15) is 0 Å². The smallest absolute Gasteiger partial charge is 0.116 e. The molecule has 1 saturated heterocycles. The van der Waals surface area contributed by atoms with E-state index in [2.05, 4.69) is 41.5 Å². The van der Waals surface area contributed by atoms with Crippen LogP contribution in [0.1, 0.15) is 56.6 Å². The molecule has 1 aromatic rings. The van der Waals surface area contributed by atoms with Crippen molar-refractivity contribution in [2.24, 2.45) is 5.73 Å². The zero-order chi connectivity index (χ0) is 13.8. The highest BCUT2D eigenvalue weighted by molar-refractivity contribution is 7.11. The Morgan fingerprint density at radius 1 is 1.33 bits per heavy atom. The molecule has 3 nitrogen and oxygen atoms in total. The molecular weight excluding hydrogens is 244 g/mol. The predicted molar refractivity (Wildman–Crippen MR) is 76.0 cm³/mol. The summed E-state index contributed by atoms with van der Waals surface area (Å²) in [6.07, 6.45) is 1.77. The third-order valence-electron chi connectivity index (χ3n) is 3.92. The number of nitrogens with two attached hydrogens (primary N) is 1. The molecule has 2 N–H and O–H groups in total. The van der Waals surface area contributed by atoms with Gasteiger partial charge in [0.05, 0.1) is 22.4 Å². The van der Waals surface area contributed by atoms with Crippen LogP contribution < -0.4 is 5.73 Å². The number of rotatable bonds is 2. The average molecular weight is 268 g/mol. The number of aryl methyl sites for hydroxylation is 2. The number of ether oxygens (including phenoxy) is 1. The summed E-state index contributed by atoms with van der Waals surface area (Å²) < 4.78 is 6.13. The van der Waals surface area contributed by atoms with Crippen LogP contribution >= 0.6 is 11.3 Å². The van der Waals surface area contributed by atoms with Crippen molar-refractivity contribution in [1.29, 1.82) is 0 Å². The first-order valence-corrected chi connectivity index (χ1v) is 7.39. The van der Waals surface area contributed by atoms with Gasteiger partial charge < -0.3 is 10.5 Å². The summed E-state index contributed by atoms with van der Waals surface area (Å²) in [5, 5.41) is 1.02. The van der Waals surface area contributed by atoms with Gasteiger partial charge in [0, 0.05) is 11.3 Å². The normalized spacial score (nSPS) is 29.7. The summed E-state index contributed by atoms with van der Waals surface area (Å²) in [4.78, 5) is 6.03. The van der Waals surface area contributed by atoms with E-state index in [9.17, 15) is 0 Å². The van der Waals surface area contributed by atoms with E-state index in [1.54, 1.807) is 11.3 Å². The second-order valence-corrected chi connectivity index (χ2v) is 7.60. The van der Waals surface area contributed by atoms with Crippen LogP contribution in [0.5, 0.6) is 0 Å². The van der Waals surface area contributed by atoms with Crippen LogP contribution in [0.2, 0.25) is 0 Å². The minimum Gasteiger partial charge on any atom is -0.367 e. The molecule has 2 rings (SSSR count). The Labute approximate surface area is 114 Å². The lowest BCUT2D eigenvalue weighted by Gasteiger charge is -2.34. The standard InChI is InChI=1S/C14H24N2OS/c1-7-10-9(2)18-11(16-10)14(15)8-12(3,4)17-13(14,5)6/h7-8,15H2,1-6H3. The summed E-state index contributed by atoms with van der Waals surface area (Å²) in [6, 6.07) is 0. The molecule has 0 bridgehead atoms. The van der Waals surface area contributed by atoms with Crippen LogP contribution in [0.4, 0.5) is 0 Å². The predicted octanol–water partition coefficient (Wildman–Crippen LogP) is 3.15. The van der Waals surface area contributed by atoms with E-state index in [-0.39, 0.29) is 11.2 Å². The molecule has 4 heteroatoms. The molecule has 2 heterocycles. The van der Waals surface area contributed by atoms with E-state index in [1.807, 2.05) is 0 Å². The monoisotopic (exact) mass is 268 g/mol. The lowest BCUT2D eigenvalue weighted by atomic mass is 9.80. The van der Waals surface area contributed by atoms with Gasteiger partial charge in [-0.15, -0.1) is 11.3 Å². The first-order chi connectivity index (χ1) is 8.11. The number of aromatic nitrogens is 1. The van der Waals surface area contributed by atoms with E-state index in [0.717, 1.165) is 17.8 Å². The SMILES string of the molecule is CCc1nc(C2(N)CC(C)(C)OC2(C)C)sc1C. The van der Waals surface area contributed by atoms with Gasteiger partial charge in [0.15, 0.2) is 0 Å². The number of nitrogens with zero attached hydrogens (tertiary/aromatic N) is 1. The summed E-state index contributed by atoms with van der Waals surface area (Å²) in [5.41, 5.74) is 6.80. The fraction of sp³-hybridized carbons (Fsp3) is 0.786. The van der Waals surface area contributed by atoms with Crippen LogP contribution in [0.15, 0.2) is 0 Å². The van der Waals surface area contributed by atoms with Crippen molar-refractivity contribution in [3.05, 3.63) is 15.6 Å². The highest BCUT2D eigenvalue weighted by Crippen LogP contribution is 2.50. The van der Waals surface area contributed by atoms with Crippen molar-refractivity contribution in [2.75, 3.05) is 0 Å². The Kier molecular flexibility index (Phi) is 3.12. The molecule has 0 saturated carbocycles. The molecule has 0 aromatic carbocycles. The highest BCUT2D eigenvalue weighted by Gasteiger charge is 2.57. The third kappa shape index (κ3) is 2.00. The molecule has 1 aliphatic heterocycles. The average Bonchev–Trinajstić information content (AvgIpc) is 2.63. The van der Waals surface area contributed by atoms with Gasteiger partial charge in [0.25, 0.3) is 0 Å². The first-order valence-electron chi connectivity index (χ1n) is 6.57. The van der Waals surface area contributed by atoms with E-state index >= 15 is 0 Å². The van der Waals surface area contributed by atoms with E-state index in [0.29, 0.717) is 0 Å². The van der Waals surface area contributed by atoms with Gasteiger partial charge in [0.2, 0.25) is 0 Å². The van der Waals surface area contributed by atoms with E-state index < -0.39 is 5.54 Å². The maximum Gasteiger partial charge on any atom is 0.116 e. The fourth-order valence-corrected chi connectivity index (χ4v) is 4.24. The lowest BCUT2D eigenvalue weighted by Crippen LogP contribution is -2.51. The van der Waals surface area contributed by atoms with Crippen molar-refractivity contribution >= 4 is 11.3 Å². The van der Waals surface area contributed by atoms with Gasteiger partial charge in [0.1, 0.15) is 5.01 Å². The van der Waals surface area contributed by atoms with Gasteiger partial charge in [-0.05, 0) is 41.0 Å². The second kappa shape index (κ2) is 4.02. The van der Waals surface area contributed by atoms with Crippen molar-refractivity contribution < 1.29 is 4.74 Å². The highest BCUT2D eigenvalue weighted by atomic mass is 32.1. The summed E-state index contributed by atoms with van der Waals surface area (Å²) >= 11 is 1.72. The zero-order valence-electron chi connectivity index (χ0n) is 12.3. The minimum atomic E-state index is -0.487. The van der Waals surface area contributed by atoms with Crippen molar-refractivity contribution in [1.82, 2.24) is 4.98 Å². The molecular formula is C14H24N2OS. The number of thiazole rings is 1. The van der Waals surface area contributed by atoms with Crippen LogP contribution in [-0.2, 0) is 16.7 Å². The van der Waals surface area contributed by atoms with Crippen molar-refractivity contribution in [2.45, 2.75) is 71.1 Å². The number of hydrogen-bond acceptors (Lipinski definition) is 4. The molecule has 102 valence electrons. The van der Waals surface area contributed by atoms with Gasteiger partial charge in [-0.3, -0.25) is 0 Å². The van der Waals surface area contributed by atoms with Crippen LogP contribution in [0, 0.1) is 6.92 Å². The van der Waals surface area contributed by atoms with Crippen molar-refractivity contribution in [3.63, 3.8) is 0 Å². The molecule has 1 unspecified atom stereocenters. The third-order valence-corrected chi connectivity index (χ3v) is 5.11. The molecule has 1 atom stereocenters. The summed E-state index contributed by atoms with van der Waals surface area (Å²) in [7, 11) is 0. The van der Waals surface area contributed by atoms with Gasteiger partial charge in [-0.1, -0.05) is 6.92 Å². The van der Waals surface area contributed by atoms with Gasteiger partial charge in [-0.25, -0.2) is 4.98 Å². The Balaban J connectivity index is 2.47. The Hall–Kier alpha value is -0.450. The lowest BCUT2D eigenvalue weighted by molar-refractivity contribution is -0.0795. The first kappa shape index (κ1) is 14.0. The van der Waals surface area contributed by atoms with E-state index in [1.165, 1.54) is 10.6 Å². The molecule has 18 heavy (non-hydrogen) atoms. The maximum absolute atomic E-state index is 6.69. The minimum absolute atomic E-state index is 0.190. The maximum atomic E-state index is 6.69. The second-order valence-electron chi connectivity index (χ2n) is 6.40. The molecule has 0 radical (unpaired) electrons. The number of hydrogen-bond donors (Lipinski definition) is 1. The van der Waals surface area contributed by atoms with E-state index in [4.69, 9.17) is 15.5 Å². The molecule has 1 aliphatic rings. The van der Waals surface area contributed by atoms with Crippen LogP contribution in [0.25, 0.3) is 0 Å². The molecule has 0 amide bonds. The molecule has 1 aromatic heterocycles. The van der Waals surface area contributed by atoms with Gasteiger partial charge >= 0.3 is 0 Å². The largest absolute Gasteiger partial charge is 0.367 e. The topological polar surface area (TPSA) is 48.1 Å². The molecule has 1 fully saturated rings. The zero-order valence-corrected chi connectivity index (χ0v) is 13.1. The Morgan fingerprint density at radius 2 is 1.94 bits per heavy atom. The molecule has 0 spiro atoms. The quantitative estimate of drug-likeness (QED) is 0.896. The van der Waals surface area contributed by atoms with Crippen LogP contribution in [-0.4, -0.2) is 16.2 Å². The van der Waals surface area contributed by atoms with Crippen molar-refractivity contribution in [3.8, 4) is 0 Å². The summed E-state index contributed by atoms with van der Waals surface area (Å²) in [5.74, 6) is 0. The summed E-state index contributed by atoms with van der Waals surface area (Å²) in [6.45, 7) is 12.6. The molecule has 0 aliphatic carbocycles. The Bertz CT molecular complexity index is 464. The Morgan fingerprint density at radius 3 is 2.33 bits per heavy atom.